The number of benzene rings is 1. The Kier molecular flexibility index (Phi) is 7.31. The van der Waals surface area contributed by atoms with Gasteiger partial charge in [0.25, 0.3) is 5.56 Å². The van der Waals surface area contributed by atoms with E-state index in [0.29, 0.717) is 49.8 Å². The van der Waals surface area contributed by atoms with Crippen molar-refractivity contribution in [3.05, 3.63) is 58.0 Å². The maximum Gasteiger partial charge on any atom is 0.422 e. The Labute approximate surface area is 216 Å². The van der Waals surface area contributed by atoms with Crippen LogP contribution < -0.4 is 19.8 Å². The number of rotatable bonds is 7. The fourth-order valence-electron chi connectivity index (χ4n) is 4.72. The van der Waals surface area contributed by atoms with Crippen LogP contribution in [0, 0.1) is 6.92 Å². The van der Waals surface area contributed by atoms with Crippen molar-refractivity contribution in [3.8, 4) is 39.8 Å². The number of aryl methyl sites for hydroxylation is 1. The van der Waals surface area contributed by atoms with E-state index in [1.165, 1.54) is 25.4 Å². The summed E-state index contributed by atoms with van der Waals surface area (Å²) >= 11 is 0. The minimum absolute atomic E-state index is 0.121. The number of halogens is 3. The highest BCUT2D eigenvalue weighted by Gasteiger charge is 2.29. The van der Waals surface area contributed by atoms with Gasteiger partial charge in [-0.1, -0.05) is 0 Å². The predicted molar refractivity (Wildman–Crippen MR) is 132 cm³/mol. The summed E-state index contributed by atoms with van der Waals surface area (Å²) in [5.74, 6) is 0.906. The lowest BCUT2D eigenvalue weighted by molar-refractivity contribution is -0.154. The third kappa shape index (κ3) is 5.48. The van der Waals surface area contributed by atoms with E-state index >= 15 is 0 Å². The fourth-order valence-corrected chi connectivity index (χ4v) is 4.72. The van der Waals surface area contributed by atoms with Gasteiger partial charge in [-0.05, 0) is 37.1 Å². The Morgan fingerprint density at radius 3 is 2.63 bits per heavy atom. The second-order valence-corrected chi connectivity index (χ2v) is 9.10. The molecule has 1 aromatic carbocycles. The van der Waals surface area contributed by atoms with Crippen LogP contribution in [0.2, 0.25) is 0 Å². The van der Waals surface area contributed by atoms with Crippen LogP contribution in [0.1, 0.15) is 11.1 Å². The number of hydrogen-bond acceptors (Lipinski definition) is 7. The SMILES string of the molecule is COc1cc2c(cc1-c1ccc(OCC(F)(F)F)nc1)CCn1c-2c(C)c(OC[C@@H]2COCCO2)cc1=O. The van der Waals surface area contributed by atoms with Crippen molar-refractivity contribution >= 4 is 0 Å². The van der Waals surface area contributed by atoms with Crippen LogP contribution in [0.5, 0.6) is 17.4 Å². The first kappa shape index (κ1) is 26.1. The van der Waals surface area contributed by atoms with Gasteiger partial charge in [0, 0.05) is 47.1 Å². The van der Waals surface area contributed by atoms with E-state index < -0.39 is 12.8 Å². The molecular weight excluding hydrogens is 505 g/mol. The van der Waals surface area contributed by atoms with E-state index in [2.05, 4.69) is 4.98 Å². The van der Waals surface area contributed by atoms with Crippen molar-refractivity contribution in [1.82, 2.24) is 9.55 Å². The average molecular weight is 533 g/mol. The highest BCUT2D eigenvalue weighted by molar-refractivity contribution is 5.80. The molecule has 0 radical (unpaired) electrons. The van der Waals surface area contributed by atoms with E-state index in [1.807, 2.05) is 19.1 Å². The van der Waals surface area contributed by atoms with Crippen LogP contribution in [0.25, 0.3) is 22.4 Å². The first-order valence-corrected chi connectivity index (χ1v) is 12.2. The lowest BCUT2D eigenvalue weighted by atomic mass is 9.90. The molecule has 3 aromatic rings. The number of nitrogens with zero attached hydrogens (tertiary/aromatic N) is 2. The van der Waals surface area contributed by atoms with Crippen molar-refractivity contribution < 1.29 is 36.9 Å². The Bertz CT molecular complexity index is 1370. The zero-order chi connectivity index (χ0) is 26.9. The maximum atomic E-state index is 13.0. The molecule has 4 heterocycles. The molecule has 2 aliphatic heterocycles. The summed E-state index contributed by atoms with van der Waals surface area (Å²) in [6.07, 6.45) is -2.57. The molecule has 0 saturated carbocycles. The second kappa shape index (κ2) is 10.7. The standard InChI is InChI=1S/C27H27F3N2O6/c1-16-22(37-14-19-13-35-7-8-36-19)11-25(33)32-6-5-17-9-20(23(34-2)10-21(17)26(16)32)18-3-4-24(31-12-18)38-15-27(28,29)30/h3-4,9-12,19H,5-8,13-15H2,1-2H3/t19-/m0/s1. The monoisotopic (exact) mass is 532 g/mol. The van der Waals surface area contributed by atoms with Gasteiger partial charge in [-0.3, -0.25) is 4.79 Å². The largest absolute Gasteiger partial charge is 0.496 e. The minimum Gasteiger partial charge on any atom is -0.496 e. The molecule has 0 N–H and O–H groups in total. The summed E-state index contributed by atoms with van der Waals surface area (Å²) in [6.45, 7) is 2.78. The number of pyridine rings is 2. The molecule has 8 nitrogen and oxygen atoms in total. The predicted octanol–water partition coefficient (Wildman–Crippen LogP) is 4.19. The molecule has 1 saturated heterocycles. The molecule has 11 heteroatoms. The van der Waals surface area contributed by atoms with Gasteiger partial charge in [-0.25, -0.2) is 4.98 Å². The van der Waals surface area contributed by atoms with E-state index in [0.717, 1.165) is 27.9 Å². The maximum absolute atomic E-state index is 13.0. The quantitative estimate of drug-likeness (QED) is 0.452. The number of ether oxygens (including phenoxy) is 5. The Morgan fingerprint density at radius 2 is 1.95 bits per heavy atom. The number of aromatic nitrogens is 2. The molecule has 5 rings (SSSR count). The van der Waals surface area contributed by atoms with Crippen molar-refractivity contribution in [2.24, 2.45) is 0 Å². The van der Waals surface area contributed by atoms with Gasteiger partial charge in [0.2, 0.25) is 5.88 Å². The van der Waals surface area contributed by atoms with Crippen molar-refractivity contribution in [2.45, 2.75) is 32.2 Å². The average Bonchev–Trinajstić information content (AvgIpc) is 2.92. The van der Waals surface area contributed by atoms with Crippen molar-refractivity contribution in [3.63, 3.8) is 0 Å². The molecule has 0 unspecified atom stereocenters. The van der Waals surface area contributed by atoms with Gasteiger partial charge in [-0.2, -0.15) is 13.2 Å². The molecule has 2 aliphatic rings. The topological polar surface area (TPSA) is 81.0 Å². The van der Waals surface area contributed by atoms with Crippen molar-refractivity contribution in [2.75, 3.05) is 40.1 Å². The van der Waals surface area contributed by atoms with Gasteiger partial charge in [0.15, 0.2) is 6.61 Å². The van der Waals surface area contributed by atoms with E-state index in [4.69, 9.17) is 23.7 Å². The fraction of sp³-hybridized carbons (Fsp3) is 0.407. The first-order valence-electron chi connectivity index (χ1n) is 12.2. The Balaban J connectivity index is 1.46. The molecule has 202 valence electrons. The van der Waals surface area contributed by atoms with Crippen LogP contribution in [0.3, 0.4) is 0 Å². The highest BCUT2D eigenvalue weighted by atomic mass is 19.4. The summed E-state index contributed by atoms with van der Waals surface area (Å²) in [7, 11) is 1.54. The third-order valence-corrected chi connectivity index (χ3v) is 6.54. The van der Waals surface area contributed by atoms with Crippen molar-refractivity contribution in [1.29, 1.82) is 0 Å². The summed E-state index contributed by atoms with van der Waals surface area (Å²) in [5.41, 5.74) is 4.67. The van der Waals surface area contributed by atoms with Gasteiger partial charge >= 0.3 is 6.18 Å². The van der Waals surface area contributed by atoms with Gasteiger partial charge < -0.3 is 28.3 Å². The number of alkyl halides is 3. The van der Waals surface area contributed by atoms with E-state index in [9.17, 15) is 18.0 Å². The van der Waals surface area contributed by atoms with Crippen LogP contribution in [-0.4, -0.2) is 62.0 Å². The first-order chi connectivity index (χ1) is 18.2. The minimum atomic E-state index is -4.44. The molecule has 1 fully saturated rings. The molecule has 0 aliphatic carbocycles. The smallest absolute Gasteiger partial charge is 0.422 e. The van der Waals surface area contributed by atoms with E-state index in [1.54, 1.807) is 10.6 Å². The number of hydrogen-bond donors (Lipinski definition) is 0. The number of fused-ring (bicyclic) bond motifs is 3. The lowest BCUT2D eigenvalue weighted by Crippen LogP contribution is -2.34. The lowest BCUT2D eigenvalue weighted by Gasteiger charge is -2.27. The third-order valence-electron chi connectivity index (χ3n) is 6.54. The molecule has 0 spiro atoms. The molecule has 0 amide bonds. The summed E-state index contributed by atoms with van der Waals surface area (Å²) in [6, 6.07) is 8.38. The zero-order valence-electron chi connectivity index (χ0n) is 21.0. The Hall–Kier alpha value is -3.57. The summed E-state index contributed by atoms with van der Waals surface area (Å²) < 4.78 is 66.5. The van der Waals surface area contributed by atoms with Crippen LogP contribution in [0.15, 0.2) is 41.3 Å². The molecule has 0 bridgehead atoms. The zero-order valence-corrected chi connectivity index (χ0v) is 21.0. The summed E-state index contributed by atoms with van der Waals surface area (Å²) in [4.78, 5) is 17.0. The molecule has 1 atom stereocenters. The van der Waals surface area contributed by atoms with Crippen LogP contribution >= 0.6 is 0 Å². The van der Waals surface area contributed by atoms with Crippen LogP contribution in [0.4, 0.5) is 13.2 Å². The van der Waals surface area contributed by atoms with Gasteiger partial charge in [0.1, 0.15) is 24.2 Å². The number of methoxy groups -OCH3 is 1. The Morgan fingerprint density at radius 1 is 1.11 bits per heavy atom. The van der Waals surface area contributed by atoms with Gasteiger partial charge in [-0.15, -0.1) is 0 Å². The molecule has 38 heavy (non-hydrogen) atoms. The van der Waals surface area contributed by atoms with E-state index in [-0.39, 0.29) is 24.2 Å². The highest BCUT2D eigenvalue weighted by Crippen LogP contribution is 2.41. The van der Waals surface area contributed by atoms with Crippen LogP contribution in [-0.2, 0) is 22.4 Å². The normalized spacial score (nSPS) is 16.9. The van der Waals surface area contributed by atoms with Gasteiger partial charge in [0.05, 0.1) is 32.6 Å². The molecule has 2 aromatic heterocycles. The summed E-state index contributed by atoms with van der Waals surface area (Å²) in [5, 5.41) is 0. The second-order valence-electron chi connectivity index (χ2n) is 9.10. The molecular formula is C27H27F3N2O6.